The molecular formula is C33H28FN3O3. The first kappa shape index (κ1) is 25.4. The van der Waals surface area contributed by atoms with Gasteiger partial charge >= 0.3 is 0 Å². The van der Waals surface area contributed by atoms with E-state index in [1.165, 1.54) is 12.1 Å². The largest absolute Gasteiger partial charge is 0.455 e. The molecule has 1 aromatic heterocycles. The normalized spacial score (nSPS) is 13.7. The fourth-order valence-electron chi connectivity index (χ4n) is 5.26. The first-order valence-corrected chi connectivity index (χ1v) is 13.1. The summed E-state index contributed by atoms with van der Waals surface area (Å²) >= 11 is 0. The molecule has 1 aliphatic carbocycles. The number of carbonyl (C=O) groups is 2. The van der Waals surface area contributed by atoms with E-state index in [9.17, 15) is 14.0 Å². The Morgan fingerprint density at radius 3 is 2.30 bits per heavy atom. The molecule has 4 N–H and O–H groups in total. The predicted octanol–water partition coefficient (Wildman–Crippen LogP) is 6.58. The minimum absolute atomic E-state index is 0.157. The summed E-state index contributed by atoms with van der Waals surface area (Å²) in [5, 5.41) is 6.48. The zero-order chi connectivity index (χ0) is 28.0. The number of hydrogen-bond donors (Lipinski definition) is 3. The quantitative estimate of drug-likeness (QED) is 0.215. The topological polar surface area (TPSA) is 97.4 Å². The summed E-state index contributed by atoms with van der Waals surface area (Å²) in [5.74, 6) is -0.556. The lowest BCUT2D eigenvalue weighted by Gasteiger charge is -2.19. The van der Waals surface area contributed by atoms with Crippen LogP contribution in [-0.4, -0.2) is 18.9 Å². The van der Waals surface area contributed by atoms with E-state index in [2.05, 4.69) is 10.6 Å². The first-order valence-electron chi connectivity index (χ1n) is 13.1. The summed E-state index contributed by atoms with van der Waals surface area (Å²) in [4.78, 5) is 26.4. The molecule has 0 aliphatic heterocycles. The summed E-state index contributed by atoms with van der Waals surface area (Å²) < 4.78 is 19.7. The number of amides is 2. The van der Waals surface area contributed by atoms with Crippen LogP contribution in [0.5, 0.6) is 0 Å². The molecule has 0 unspecified atom stereocenters. The Morgan fingerprint density at radius 1 is 0.900 bits per heavy atom. The predicted molar refractivity (Wildman–Crippen MR) is 154 cm³/mol. The molecular weight excluding hydrogens is 505 g/mol. The maximum atomic E-state index is 13.6. The monoisotopic (exact) mass is 533 g/mol. The number of rotatable bonds is 6. The van der Waals surface area contributed by atoms with E-state index in [-0.39, 0.29) is 23.2 Å². The molecule has 0 atom stereocenters. The Kier molecular flexibility index (Phi) is 6.14. The summed E-state index contributed by atoms with van der Waals surface area (Å²) in [6, 6.07) is 24.8. The van der Waals surface area contributed by atoms with Crippen LogP contribution in [0.15, 0.2) is 89.3 Å². The van der Waals surface area contributed by atoms with Gasteiger partial charge in [0.05, 0.1) is 11.1 Å². The van der Waals surface area contributed by atoms with Gasteiger partial charge in [-0.05, 0) is 78.9 Å². The minimum atomic E-state index is -0.386. The van der Waals surface area contributed by atoms with Crippen LogP contribution in [-0.2, 0) is 5.54 Å². The number of hydrogen-bond acceptors (Lipinski definition) is 4. The fraction of sp³-hybridized carbons (Fsp3) is 0.152. The highest BCUT2D eigenvalue weighted by Gasteiger charge is 2.45. The van der Waals surface area contributed by atoms with Crippen molar-refractivity contribution < 1.29 is 18.4 Å². The number of nitrogen functional groups attached to an aromatic ring is 1. The van der Waals surface area contributed by atoms with Crippen LogP contribution in [0, 0.1) is 12.7 Å². The van der Waals surface area contributed by atoms with Crippen molar-refractivity contribution >= 4 is 28.5 Å². The van der Waals surface area contributed by atoms with Gasteiger partial charge in [-0.1, -0.05) is 36.4 Å². The van der Waals surface area contributed by atoms with E-state index < -0.39 is 0 Å². The SMILES string of the molecule is CNC(=O)c1c(-c2ccc(F)cc2)oc2cc(N)c(-c3cc(C(=O)NC4(c5ccccc5)CC4)ccc3C)cc12. The van der Waals surface area contributed by atoms with Gasteiger partial charge < -0.3 is 20.8 Å². The average Bonchev–Trinajstić information content (AvgIpc) is 3.66. The molecule has 2 amide bonds. The molecule has 0 saturated heterocycles. The van der Waals surface area contributed by atoms with Crippen molar-refractivity contribution in [2.24, 2.45) is 0 Å². The van der Waals surface area contributed by atoms with Crippen LogP contribution in [0.25, 0.3) is 33.4 Å². The zero-order valence-electron chi connectivity index (χ0n) is 22.2. The Morgan fingerprint density at radius 2 is 1.62 bits per heavy atom. The maximum Gasteiger partial charge on any atom is 0.255 e. The second-order valence-electron chi connectivity index (χ2n) is 10.3. The third-order valence-electron chi connectivity index (χ3n) is 7.64. The van der Waals surface area contributed by atoms with Gasteiger partial charge in [0.2, 0.25) is 0 Å². The number of nitrogens with two attached hydrogens (primary N) is 1. The Bertz CT molecular complexity index is 1770. The lowest BCUT2D eigenvalue weighted by Crippen LogP contribution is -2.34. The molecule has 6 rings (SSSR count). The number of halogens is 1. The minimum Gasteiger partial charge on any atom is -0.455 e. The van der Waals surface area contributed by atoms with Crippen LogP contribution in [0.2, 0.25) is 0 Å². The van der Waals surface area contributed by atoms with Crippen LogP contribution in [0.3, 0.4) is 0 Å². The number of aryl methyl sites for hydroxylation is 1. The van der Waals surface area contributed by atoms with Crippen LogP contribution in [0.1, 0.15) is 44.7 Å². The van der Waals surface area contributed by atoms with Gasteiger partial charge in [0, 0.05) is 40.9 Å². The van der Waals surface area contributed by atoms with Crippen molar-refractivity contribution in [3.63, 3.8) is 0 Å². The van der Waals surface area contributed by atoms with E-state index >= 15 is 0 Å². The van der Waals surface area contributed by atoms with Gasteiger partial charge in [-0.25, -0.2) is 4.39 Å². The number of carbonyl (C=O) groups excluding carboxylic acids is 2. The highest BCUT2D eigenvalue weighted by atomic mass is 19.1. The summed E-state index contributed by atoms with van der Waals surface area (Å²) in [6.45, 7) is 1.95. The lowest BCUT2D eigenvalue weighted by molar-refractivity contribution is 0.0929. The third kappa shape index (κ3) is 4.39. The Labute approximate surface area is 231 Å². The molecule has 0 radical (unpaired) electrons. The molecule has 1 heterocycles. The van der Waals surface area contributed by atoms with Gasteiger partial charge in [-0.3, -0.25) is 9.59 Å². The maximum absolute atomic E-state index is 13.6. The fourth-order valence-corrected chi connectivity index (χ4v) is 5.26. The van der Waals surface area contributed by atoms with Crippen LogP contribution < -0.4 is 16.4 Å². The van der Waals surface area contributed by atoms with Crippen molar-refractivity contribution in [1.82, 2.24) is 10.6 Å². The van der Waals surface area contributed by atoms with Gasteiger partial charge in [-0.2, -0.15) is 0 Å². The molecule has 5 aromatic rings. The van der Waals surface area contributed by atoms with Gasteiger partial charge in [0.15, 0.2) is 0 Å². The van der Waals surface area contributed by atoms with Gasteiger partial charge in [0.1, 0.15) is 17.2 Å². The molecule has 6 nitrogen and oxygen atoms in total. The third-order valence-corrected chi connectivity index (χ3v) is 7.64. The molecule has 0 spiro atoms. The average molecular weight is 534 g/mol. The highest BCUT2D eigenvalue weighted by molar-refractivity contribution is 6.13. The molecule has 0 bridgehead atoms. The van der Waals surface area contributed by atoms with E-state index in [1.54, 1.807) is 25.2 Å². The second kappa shape index (κ2) is 9.68. The van der Waals surface area contributed by atoms with Crippen molar-refractivity contribution in [3.8, 4) is 22.5 Å². The van der Waals surface area contributed by atoms with Crippen LogP contribution >= 0.6 is 0 Å². The van der Waals surface area contributed by atoms with E-state index in [0.29, 0.717) is 44.7 Å². The van der Waals surface area contributed by atoms with Crippen molar-refractivity contribution in [1.29, 1.82) is 0 Å². The standard InChI is InChI=1S/C33H28FN3O3/c1-19-8-9-21(31(38)37-33(14-15-33)22-6-4-3-5-7-22)16-24(19)25-17-26-28(18-27(25)35)40-30(29(26)32(39)36-2)20-10-12-23(34)13-11-20/h3-13,16-18H,14-15,35H2,1-2H3,(H,36,39)(H,37,38). The van der Waals surface area contributed by atoms with E-state index in [1.807, 2.05) is 61.5 Å². The van der Waals surface area contributed by atoms with Crippen molar-refractivity contribution in [2.75, 3.05) is 12.8 Å². The summed E-state index contributed by atoms with van der Waals surface area (Å²) in [6.07, 6.45) is 1.79. The number of benzene rings is 4. The Hall–Kier alpha value is -4.91. The number of anilines is 1. The molecule has 1 aliphatic rings. The highest BCUT2D eigenvalue weighted by Crippen LogP contribution is 2.46. The van der Waals surface area contributed by atoms with Crippen molar-refractivity contribution in [2.45, 2.75) is 25.3 Å². The van der Waals surface area contributed by atoms with E-state index in [4.69, 9.17) is 10.2 Å². The molecule has 200 valence electrons. The first-order chi connectivity index (χ1) is 19.3. The lowest BCUT2D eigenvalue weighted by atomic mass is 9.94. The van der Waals surface area contributed by atoms with Gasteiger partial charge in [-0.15, -0.1) is 0 Å². The van der Waals surface area contributed by atoms with E-state index in [0.717, 1.165) is 29.5 Å². The number of nitrogens with one attached hydrogen (secondary N) is 2. The Balaban J connectivity index is 1.42. The molecule has 7 heteroatoms. The smallest absolute Gasteiger partial charge is 0.255 e. The summed E-state index contributed by atoms with van der Waals surface area (Å²) in [7, 11) is 1.54. The van der Waals surface area contributed by atoms with Crippen molar-refractivity contribution in [3.05, 3.63) is 113 Å². The molecule has 40 heavy (non-hydrogen) atoms. The van der Waals surface area contributed by atoms with Gasteiger partial charge in [0.25, 0.3) is 11.8 Å². The summed E-state index contributed by atoms with van der Waals surface area (Å²) in [5.41, 5.74) is 12.0. The molecule has 1 fully saturated rings. The number of fused-ring (bicyclic) bond motifs is 1. The zero-order valence-corrected chi connectivity index (χ0v) is 22.2. The molecule has 4 aromatic carbocycles. The molecule has 1 saturated carbocycles. The second-order valence-corrected chi connectivity index (χ2v) is 10.3. The van der Waals surface area contributed by atoms with Crippen LogP contribution in [0.4, 0.5) is 10.1 Å². The number of furan rings is 1.